The molecule has 0 aliphatic rings. The number of hydrogen-bond acceptors (Lipinski definition) is 1. The largest absolute Gasteiger partial charge is 0.489 e. The molecule has 0 amide bonds. The molecule has 3 heteroatoms. The summed E-state index contributed by atoms with van der Waals surface area (Å²) < 4.78 is 18.8. The second-order valence-corrected chi connectivity index (χ2v) is 4.66. The quantitative estimate of drug-likeness (QED) is 0.750. The van der Waals surface area contributed by atoms with Crippen LogP contribution in [0, 0.1) is 12.7 Å². The first-order valence-electron chi connectivity index (χ1n) is 5.72. The van der Waals surface area contributed by atoms with Crippen molar-refractivity contribution >= 4 is 15.9 Å². The minimum Gasteiger partial charge on any atom is -0.489 e. The number of hydrogen-bond donors (Lipinski definition) is 0. The molecule has 2 rings (SSSR count). The van der Waals surface area contributed by atoms with E-state index in [0.29, 0.717) is 11.9 Å². The molecule has 18 heavy (non-hydrogen) atoms. The van der Waals surface area contributed by atoms with Crippen molar-refractivity contribution in [1.82, 2.24) is 0 Å². The Morgan fingerprint density at radius 3 is 2.61 bits per heavy atom. The van der Waals surface area contributed by atoms with Gasteiger partial charge >= 0.3 is 0 Å². The zero-order valence-corrected chi connectivity index (χ0v) is 11.7. The average Bonchev–Trinajstić information content (AvgIpc) is 2.39. The van der Waals surface area contributed by atoms with E-state index in [-0.39, 0.29) is 5.82 Å². The highest BCUT2D eigenvalue weighted by Gasteiger charge is 2.05. The van der Waals surface area contributed by atoms with Crippen LogP contribution in [-0.2, 0) is 11.9 Å². The zero-order valence-electron chi connectivity index (χ0n) is 10.1. The molecule has 0 atom stereocenters. The van der Waals surface area contributed by atoms with Crippen LogP contribution in [0.3, 0.4) is 0 Å². The van der Waals surface area contributed by atoms with Crippen LogP contribution in [0.25, 0.3) is 0 Å². The lowest BCUT2D eigenvalue weighted by atomic mass is 10.1. The molecule has 1 nitrogen and oxygen atoms in total. The van der Waals surface area contributed by atoms with Crippen LogP contribution in [0.2, 0.25) is 0 Å². The summed E-state index contributed by atoms with van der Waals surface area (Å²) in [6, 6.07) is 12.6. The Balaban J connectivity index is 2.13. The lowest BCUT2D eigenvalue weighted by molar-refractivity contribution is 0.302. The fourth-order valence-corrected chi connectivity index (χ4v) is 2.16. The standard InChI is InChI=1S/C15H14BrFO/c1-11-4-2-3-5-12(11)10-18-15-7-6-14(17)8-13(15)9-16/h2-8H,9-10H2,1H3. The normalized spacial score (nSPS) is 10.4. The Morgan fingerprint density at radius 2 is 1.89 bits per heavy atom. The van der Waals surface area contributed by atoms with Crippen molar-refractivity contribution < 1.29 is 9.13 Å². The van der Waals surface area contributed by atoms with Gasteiger partial charge in [0.1, 0.15) is 18.2 Å². The molecule has 0 radical (unpaired) electrons. The molecule has 0 aliphatic carbocycles. The van der Waals surface area contributed by atoms with Gasteiger partial charge in [0.05, 0.1) is 0 Å². The van der Waals surface area contributed by atoms with Crippen LogP contribution >= 0.6 is 15.9 Å². The molecule has 0 unspecified atom stereocenters. The Morgan fingerprint density at radius 1 is 1.11 bits per heavy atom. The maximum atomic E-state index is 13.1. The molecule has 0 spiro atoms. The van der Waals surface area contributed by atoms with E-state index >= 15 is 0 Å². The van der Waals surface area contributed by atoms with Gasteiger partial charge in [0.2, 0.25) is 0 Å². The maximum absolute atomic E-state index is 13.1. The van der Waals surface area contributed by atoms with E-state index in [0.717, 1.165) is 16.9 Å². The Hall–Kier alpha value is -1.35. The van der Waals surface area contributed by atoms with Crippen molar-refractivity contribution in [2.45, 2.75) is 18.9 Å². The van der Waals surface area contributed by atoms with Crippen LogP contribution < -0.4 is 4.74 Å². The van der Waals surface area contributed by atoms with E-state index in [2.05, 4.69) is 28.9 Å². The number of ether oxygens (including phenoxy) is 1. The molecule has 94 valence electrons. The number of benzene rings is 2. The molecule has 0 saturated carbocycles. The van der Waals surface area contributed by atoms with Gasteiger partial charge in [-0.3, -0.25) is 0 Å². The molecule has 0 bridgehead atoms. The molecule has 0 N–H and O–H groups in total. The third kappa shape index (κ3) is 3.10. The number of alkyl halides is 1. The summed E-state index contributed by atoms with van der Waals surface area (Å²) in [6.45, 7) is 2.55. The molecule has 0 saturated heterocycles. The van der Waals surface area contributed by atoms with Gasteiger partial charge in [0, 0.05) is 10.9 Å². The number of halogens is 2. The van der Waals surface area contributed by atoms with Crippen LogP contribution in [0.15, 0.2) is 42.5 Å². The van der Waals surface area contributed by atoms with Crippen molar-refractivity contribution in [2.24, 2.45) is 0 Å². The second-order valence-electron chi connectivity index (χ2n) is 4.10. The third-order valence-electron chi connectivity index (χ3n) is 2.81. The summed E-state index contributed by atoms with van der Waals surface area (Å²) >= 11 is 3.34. The van der Waals surface area contributed by atoms with Crippen LogP contribution in [0.1, 0.15) is 16.7 Å². The van der Waals surface area contributed by atoms with Gasteiger partial charge in [-0.25, -0.2) is 4.39 Å². The molecule has 0 aliphatic heterocycles. The van der Waals surface area contributed by atoms with Gasteiger partial charge in [-0.2, -0.15) is 0 Å². The molecule has 2 aromatic rings. The Kier molecular flexibility index (Phi) is 4.37. The second kappa shape index (κ2) is 6.01. The summed E-state index contributed by atoms with van der Waals surface area (Å²) in [5.41, 5.74) is 3.16. The zero-order chi connectivity index (χ0) is 13.0. The van der Waals surface area contributed by atoms with Gasteiger partial charge in [0.25, 0.3) is 0 Å². The summed E-state index contributed by atoms with van der Waals surface area (Å²) in [7, 11) is 0. The van der Waals surface area contributed by atoms with E-state index in [1.807, 2.05) is 18.2 Å². The monoisotopic (exact) mass is 308 g/mol. The first kappa shape index (κ1) is 13.1. The van der Waals surface area contributed by atoms with Crippen molar-refractivity contribution in [2.75, 3.05) is 0 Å². The van der Waals surface area contributed by atoms with Crippen LogP contribution in [-0.4, -0.2) is 0 Å². The van der Waals surface area contributed by atoms with Gasteiger partial charge < -0.3 is 4.74 Å². The van der Waals surface area contributed by atoms with E-state index in [9.17, 15) is 4.39 Å². The maximum Gasteiger partial charge on any atom is 0.124 e. The average molecular weight is 309 g/mol. The van der Waals surface area contributed by atoms with Crippen molar-refractivity contribution in [1.29, 1.82) is 0 Å². The fourth-order valence-electron chi connectivity index (χ4n) is 1.72. The minimum atomic E-state index is -0.243. The molecule has 2 aromatic carbocycles. The lowest BCUT2D eigenvalue weighted by Crippen LogP contribution is -2.00. The number of rotatable bonds is 4. The molecule has 0 aromatic heterocycles. The molecular formula is C15H14BrFO. The van der Waals surface area contributed by atoms with E-state index in [1.165, 1.54) is 17.7 Å². The first-order chi connectivity index (χ1) is 8.70. The fraction of sp³-hybridized carbons (Fsp3) is 0.200. The molecular weight excluding hydrogens is 295 g/mol. The third-order valence-corrected chi connectivity index (χ3v) is 3.42. The molecule has 0 heterocycles. The smallest absolute Gasteiger partial charge is 0.124 e. The van der Waals surface area contributed by atoms with E-state index in [1.54, 1.807) is 6.07 Å². The first-order valence-corrected chi connectivity index (χ1v) is 6.84. The van der Waals surface area contributed by atoms with Crippen molar-refractivity contribution in [3.8, 4) is 5.75 Å². The summed E-state index contributed by atoms with van der Waals surface area (Å²) in [5.74, 6) is 0.476. The van der Waals surface area contributed by atoms with Crippen molar-refractivity contribution in [3.63, 3.8) is 0 Å². The predicted molar refractivity (Wildman–Crippen MR) is 74.5 cm³/mol. The van der Waals surface area contributed by atoms with Gasteiger partial charge in [-0.1, -0.05) is 40.2 Å². The van der Waals surface area contributed by atoms with Crippen LogP contribution in [0.5, 0.6) is 5.75 Å². The highest BCUT2D eigenvalue weighted by molar-refractivity contribution is 9.08. The SMILES string of the molecule is Cc1ccccc1COc1ccc(F)cc1CBr. The van der Waals surface area contributed by atoms with Crippen molar-refractivity contribution in [3.05, 3.63) is 65.0 Å². The predicted octanol–water partition coefficient (Wildman–Crippen LogP) is 4.61. The minimum absolute atomic E-state index is 0.243. The Labute approximate surface area is 115 Å². The van der Waals surface area contributed by atoms with E-state index < -0.39 is 0 Å². The topological polar surface area (TPSA) is 9.23 Å². The van der Waals surface area contributed by atoms with Gasteiger partial charge in [0.15, 0.2) is 0 Å². The number of aryl methyl sites for hydroxylation is 1. The van der Waals surface area contributed by atoms with E-state index in [4.69, 9.17) is 4.74 Å². The summed E-state index contributed by atoms with van der Waals surface area (Å²) in [6.07, 6.45) is 0. The highest BCUT2D eigenvalue weighted by Crippen LogP contribution is 2.23. The highest BCUT2D eigenvalue weighted by atomic mass is 79.9. The summed E-state index contributed by atoms with van der Waals surface area (Å²) in [5, 5.41) is 0.577. The van der Waals surface area contributed by atoms with Gasteiger partial charge in [-0.05, 0) is 36.2 Å². The lowest BCUT2D eigenvalue weighted by Gasteiger charge is -2.11. The summed E-state index contributed by atoms with van der Waals surface area (Å²) in [4.78, 5) is 0. The van der Waals surface area contributed by atoms with Crippen LogP contribution in [0.4, 0.5) is 4.39 Å². The Bertz CT molecular complexity index is 540. The molecule has 0 fully saturated rings. The van der Waals surface area contributed by atoms with Gasteiger partial charge in [-0.15, -0.1) is 0 Å².